The van der Waals surface area contributed by atoms with Crippen molar-refractivity contribution < 1.29 is 9.53 Å². The van der Waals surface area contributed by atoms with Gasteiger partial charge in [-0.3, -0.25) is 4.79 Å². The summed E-state index contributed by atoms with van der Waals surface area (Å²) in [7, 11) is 0. The molecular formula is C32H29BrN2O2. The molecule has 4 nitrogen and oxygen atoms in total. The van der Waals surface area contributed by atoms with Crippen LogP contribution in [0.1, 0.15) is 40.9 Å². The number of alkyl halides is 1. The van der Waals surface area contributed by atoms with Crippen molar-refractivity contribution in [1.29, 1.82) is 0 Å². The molecule has 1 amide bonds. The van der Waals surface area contributed by atoms with Crippen LogP contribution in [0.3, 0.4) is 0 Å². The van der Waals surface area contributed by atoms with E-state index in [0.717, 1.165) is 39.0 Å². The number of amides is 1. The molecule has 0 aromatic heterocycles. The standard InChI is InChI=1S/C16H14BrNO.C16H15NO/c1-16(11-17)13-9-5-6-10-14(13)18-15(19-16)12-7-3-2-4-8-12;1-12(2)14-10-6-7-11-15(14)17-16(18)13-8-4-3-5-9-13/h2-10H,11H2,1H3;3-11H,1H2,2H3,(H,17,18). The first-order valence-electron chi connectivity index (χ1n) is 12.0. The van der Waals surface area contributed by atoms with Crippen molar-refractivity contribution in [2.75, 3.05) is 10.6 Å². The normalized spacial score (nSPS) is 15.7. The molecule has 0 saturated carbocycles. The summed E-state index contributed by atoms with van der Waals surface area (Å²) in [6.45, 7) is 7.92. The minimum atomic E-state index is -0.385. The molecule has 186 valence electrons. The van der Waals surface area contributed by atoms with E-state index in [-0.39, 0.29) is 11.5 Å². The Bertz CT molecular complexity index is 1420. The number of ether oxygens (including phenoxy) is 1. The molecule has 37 heavy (non-hydrogen) atoms. The molecule has 1 atom stereocenters. The maximum Gasteiger partial charge on any atom is 0.255 e. The highest BCUT2D eigenvalue weighted by Gasteiger charge is 2.35. The quantitative estimate of drug-likeness (QED) is 0.253. The molecule has 0 spiro atoms. The minimum absolute atomic E-state index is 0.107. The second-order valence-electron chi connectivity index (χ2n) is 8.91. The van der Waals surface area contributed by atoms with E-state index in [1.807, 2.05) is 97.9 Å². The Balaban J connectivity index is 0.000000173. The monoisotopic (exact) mass is 552 g/mol. The maximum atomic E-state index is 12.0. The molecule has 1 aliphatic rings. The number of fused-ring (bicyclic) bond motifs is 1. The van der Waals surface area contributed by atoms with Crippen molar-refractivity contribution in [3.63, 3.8) is 0 Å². The van der Waals surface area contributed by atoms with Gasteiger partial charge in [0.1, 0.15) is 5.60 Å². The van der Waals surface area contributed by atoms with Gasteiger partial charge in [0.15, 0.2) is 0 Å². The zero-order chi connectivity index (χ0) is 26.3. The molecule has 0 bridgehead atoms. The molecule has 4 aromatic rings. The van der Waals surface area contributed by atoms with E-state index in [0.29, 0.717) is 11.5 Å². The first kappa shape index (κ1) is 26.1. The minimum Gasteiger partial charge on any atom is -0.465 e. The van der Waals surface area contributed by atoms with Gasteiger partial charge in [-0.1, -0.05) is 95.3 Å². The lowest BCUT2D eigenvalue weighted by Gasteiger charge is -2.34. The van der Waals surface area contributed by atoms with E-state index in [2.05, 4.69) is 45.8 Å². The summed E-state index contributed by atoms with van der Waals surface area (Å²) in [6.07, 6.45) is 0. The van der Waals surface area contributed by atoms with Gasteiger partial charge in [0.2, 0.25) is 5.90 Å². The number of nitrogens with zero attached hydrogens (tertiary/aromatic N) is 1. The van der Waals surface area contributed by atoms with Crippen LogP contribution in [0.25, 0.3) is 5.57 Å². The number of carbonyl (C=O) groups excluding carboxylic acids is 1. The third-order valence-corrected chi connectivity index (χ3v) is 7.03. The summed E-state index contributed by atoms with van der Waals surface area (Å²) < 4.78 is 6.14. The topological polar surface area (TPSA) is 50.7 Å². The molecule has 0 saturated heterocycles. The number of allylic oxidation sites excluding steroid dienone is 1. The first-order chi connectivity index (χ1) is 17.9. The Labute approximate surface area is 226 Å². The Kier molecular flexibility index (Phi) is 8.36. The molecule has 5 rings (SSSR count). The fourth-order valence-electron chi connectivity index (χ4n) is 3.97. The highest BCUT2D eigenvalue weighted by molar-refractivity contribution is 9.09. The molecule has 0 aliphatic carbocycles. The molecule has 1 N–H and O–H groups in total. The summed E-state index contributed by atoms with van der Waals surface area (Å²) in [5.74, 6) is 0.575. The molecule has 1 heterocycles. The van der Waals surface area contributed by atoms with Crippen LogP contribution in [0.4, 0.5) is 11.4 Å². The number of carbonyl (C=O) groups is 1. The number of rotatable bonds is 5. The van der Waals surface area contributed by atoms with E-state index in [9.17, 15) is 4.79 Å². The highest BCUT2D eigenvalue weighted by Crippen LogP contribution is 2.39. The SMILES string of the molecule is C=C(C)c1ccccc1NC(=O)c1ccccc1.CC1(CBr)OC(c2ccccc2)=Nc2ccccc21. The van der Waals surface area contributed by atoms with Gasteiger partial charge in [0.25, 0.3) is 5.91 Å². The van der Waals surface area contributed by atoms with Crippen molar-refractivity contribution in [2.45, 2.75) is 19.4 Å². The second kappa shape index (κ2) is 11.8. The molecule has 4 aromatic carbocycles. The van der Waals surface area contributed by atoms with Gasteiger partial charge in [-0.15, -0.1) is 0 Å². The lowest BCUT2D eigenvalue weighted by molar-refractivity contribution is 0.0979. The number of para-hydroxylation sites is 2. The average Bonchev–Trinajstić information content (AvgIpc) is 2.94. The van der Waals surface area contributed by atoms with Crippen LogP contribution < -0.4 is 5.32 Å². The zero-order valence-corrected chi connectivity index (χ0v) is 22.5. The Morgan fingerprint density at radius 3 is 2.16 bits per heavy atom. The van der Waals surface area contributed by atoms with Crippen LogP contribution in [0.15, 0.2) is 121 Å². The van der Waals surface area contributed by atoms with Gasteiger partial charge >= 0.3 is 0 Å². The molecule has 1 aliphatic heterocycles. The molecule has 0 radical (unpaired) electrons. The van der Waals surface area contributed by atoms with Crippen LogP contribution in [-0.2, 0) is 10.3 Å². The van der Waals surface area contributed by atoms with E-state index in [4.69, 9.17) is 4.74 Å². The number of benzene rings is 4. The average molecular weight is 554 g/mol. The first-order valence-corrected chi connectivity index (χ1v) is 13.1. The predicted molar refractivity (Wildman–Crippen MR) is 157 cm³/mol. The fourth-order valence-corrected chi connectivity index (χ4v) is 4.39. The van der Waals surface area contributed by atoms with Gasteiger partial charge < -0.3 is 10.1 Å². The van der Waals surface area contributed by atoms with Crippen LogP contribution >= 0.6 is 15.9 Å². The number of aliphatic imine (C=N–C) groups is 1. The number of halogens is 1. The molecular weight excluding hydrogens is 524 g/mol. The van der Waals surface area contributed by atoms with Crippen LogP contribution in [0, 0.1) is 0 Å². The fraction of sp³-hybridized carbons (Fsp3) is 0.125. The van der Waals surface area contributed by atoms with Gasteiger partial charge in [0, 0.05) is 33.3 Å². The molecule has 0 fully saturated rings. The number of anilines is 1. The highest BCUT2D eigenvalue weighted by atomic mass is 79.9. The summed E-state index contributed by atoms with van der Waals surface area (Å²) in [5, 5.41) is 3.63. The van der Waals surface area contributed by atoms with E-state index in [1.165, 1.54) is 0 Å². The van der Waals surface area contributed by atoms with E-state index < -0.39 is 0 Å². The number of hydrogen-bond acceptors (Lipinski definition) is 3. The van der Waals surface area contributed by atoms with E-state index >= 15 is 0 Å². The van der Waals surface area contributed by atoms with Crippen LogP contribution in [0.5, 0.6) is 0 Å². The van der Waals surface area contributed by atoms with Gasteiger partial charge in [-0.2, -0.15) is 0 Å². The number of nitrogens with one attached hydrogen (secondary N) is 1. The Hall–Kier alpha value is -3.96. The van der Waals surface area contributed by atoms with Crippen molar-refractivity contribution in [1.82, 2.24) is 0 Å². The van der Waals surface area contributed by atoms with Gasteiger partial charge in [-0.05, 0) is 55.8 Å². The largest absolute Gasteiger partial charge is 0.465 e. The zero-order valence-electron chi connectivity index (χ0n) is 20.9. The van der Waals surface area contributed by atoms with Crippen molar-refractivity contribution >= 4 is 44.7 Å². The van der Waals surface area contributed by atoms with Crippen LogP contribution in [-0.4, -0.2) is 17.1 Å². The smallest absolute Gasteiger partial charge is 0.255 e. The van der Waals surface area contributed by atoms with Crippen molar-refractivity contribution in [3.8, 4) is 0 Å². The second-order valence-corrected chi connectivity index (χ2v) is 9.47. The maximum absolute atomic E-state index is 12.0. The van der Waals surface area contributed by atoms with Gasteiger partial charge in [0.05, 0.1) is 5.69 Å². The van der Waals surface area contributed by atoms with Gasteiger partial charge in [-0.25, -0.2) is 4.99 Å². The summed E-state index contributed by atoms with van der Waals surface area (Å²) >= 11 is 3.56. The lowest BCUT2D eigenvalue weighted by atomic mass is 9.94. The number of hydrogen-bond donors (Lipinski definition) is 1. The summed E-state index contributed by atoms with van der Waals surface area (Å²) in [6, 6.07) is 35.0. The van der Waals surface area contributed by atoms with E-state index in [1.54, 1.807) is 12.1 Å². The summed E-state index contributed by atoms with van der Waals surface area (Å²) in [4.78, 5) is 16.7. The predicted octanol–water partition coefficient (Wildman–Crippen LogP) is 8.38. The Morgan fingerprint density at radius 1 is 0.892 bits per heavy atom. The molecule has 5 heteroatoms. The Morgan fingerprint density at radius 2 is 1.49 bits per heavy atom. The molecule has 1 unspecified atom stereocenters. The van der Waals surface area contributed by atoms with Crippen molar-refractivity contribution in [3.05, 3.63) is 138 Å². The van der Waals surface area contributed by atoms with Crippen LogP contribution in [0.2, 0.25) is 0 Å². The summed E-state index contributed by atoms with van der Waals surface area (Å²) in [5.41, 5.74) is 6.04. The van der Waals surface area contributed by atoms with Crippen molar-refractivity contribution in [2.24, 2.45) is 4.99 Å². The third-order valence-electron chi connectivity index (χ3n) is 5.96. The lowest BCUT2D eigenvalue weighted by Crippen LogP contribution is -2.33. The third kappa shape index (κ3) is 6.25.